The van der Waals surface area contributed by atoms with Crippen LogP contribution in [0.3, 0.4) is 0 Å². The summed E-state index contributed by atoms with van der Waals surface area (Å²) in [6, 6.07) is 4.05. The number of aromatic hydroxyl groups is 2. The molecule has 0 heterocycles. The number of benzene rings is 1. The van der Waals surface area contributed by atoms with Crippen LogP contribution in [0.25, 0.3) is 0 Å². The van der Waals surface area contributed by atoms with Crippen molar-refractivity contribution in [2.75, 3.05) is 13.1 Å². The summed E-state index contributed by atoms with van der Waals surface area (Å²) < 4.78 is 0. The highest BCUT2D eigenvalue weighted by Crippen LogP contribution is 2.25. The zero-order chi connectivity index (χ0) is 15.1. The van der Waals surface area contributed by atoms with Gasteiger partial charge in [0.2, 0.25) is 5.91 Å². The van der Waals surface area contributed by atoms with Gasteiger partial charge in [0.1, 0.15) is 17.1 Å². The van der Waals surface area contributed by atoms with Crippen molar-refractivity contribution in [2.45, 2.75) is 20.3 Å². The first-order valence-electron chi connectivity index (χ1n) is 6.47. The molecule has 0 radical (unpaired) electrons. The number of carbonyl (C=O) groups excluding carboxylic acids is 2. The summed E-state index contributed by atoms with van der Waals surface area (Å²) in [5.74, 6) is -0.997. The second-order valence-electron chi connectivity index (χ2n) is 4.88. The van der Waals surface area contributed by atoms with Gasteiger partial charge in [-0.15, -0.1) is 0 Å². The number of rotatable bonds is 6. The summed E-state index contributed by atoms with van der Waals surface area (Å²) in [4.78, 5) is 23.2. The molecule has 0 aliphatic carbocycles. The molecular formula is C14H20N2O4. The van der Waals surface area contributed by atoms with E-state index in [9.17, 15) is 19.8 Å². The van der Waals surface area contributed by atoms with Gasteiger partial charge in [0.25, 0.3) is 5.91 Å². The van der Waals surface area contributed by atoms with Crippen LogP contribution in [0.4, 0.5) is 0 Å². The monoisotopic (exact) mass is 280 g/mol. The average Bonchev–Trinajstić information content (AvgIpc) is 2.36. The van der Waals surface area contributed by atoms with Crippen molar-refractivity contribution in [3.8, 4) is 11.5 Å². The number of amides is 2. The van der Waals surface area contributed by atoms with E-state index in [1.807, 2.05) is 13.8 Å². The maximum atomic E-state index is 11.8. The Morgan fingerprint density at radius 2 is 1.75 bits per heavy atom. The maximum Gasteiger partial charge on any atom is 0.258 e. The predicted molar refractivity (Wildman–Crippen MR) is 74.6 cm³/mol. The summed E-state index contributed by atoms with van der Waals surface area (Å²) >= 11 is 0. The Kier molecular flexibility index (Phi) is 5.83. The molecule has 4 N–H and O–H groups in total. The molecule has 0 spiro atoms. The van der Waals surface area contributed by atoms with Gasteiger partial charge in [0, 0.05) is 19.5 Å². The highest BCUT2D eigenvalue weighted by Gasteiger charge is 2.15. The number of phenols is 2. The summed E-state index contributed by atoms with van der Waals surface area (Å²) in [7, 11) is 0. The van der Waals surface area contributed by atoms with Crippen LogP contribution >= 0.6 is 0 Å². The fourth-order valence-electron chi connectivity index (χ4n) is 1.55. The first-order chi connectivity index (χ1) is 9.41. The number of nitrogens with one attached hydrogen (secondary N) is 2. The van der Waals surface area contributed by atoms with Crippen molar-refractivity contribution < 1.29 is 19.8 Å². The second kappa shape index (κ2) is 7.37. The van der Waals surface area contributed by atoms with Gasteiger partial charge in [0.05, 0.1) is 0 Å². The molecule has 0 bridgehead atoms. The lowest BCUT2D eigenvalue weighted by Gasteiger charge is -2.09. The smallest absolute Gasteiger partial charge is 0.258 e. The lowest BCUT2D eigenvalue weighted by atomic mass is 10.1. The molecule has 6 heteroatoms. The Morgan fingerprint density at radius 3 is 2.30 bits per heavy atom. The predicted octanol–water partition coefficient (Wildman–Crippen LogP) is 0.990. The number of phenolic OH excluding ortho intramolecular Hbond substituents is 2. The summed E-state index contributed by atoms with van der Waals surface area (Å²) in [5, 5.41) is 24.2. The molecule has 0 unspecified atom stereocenters. The Hall–Kier alpha value is -2.24. The van der Waals surface area contributed by atoms with E-state index in [0.29, 0.717) is 12.5 Å². The van der Waals surface area contributed by atoms with Gasteiger partial charge in [-0.3, -0.25) is 9.59 Å². The van der Waals surface area contributed by atoms with Crippen molar-refractivity contribution in [3.05, 3.63) is 23.8 Å². The van der Waals surface area contributed by atoms with Gasteiger partial charge in [0.15, 0.2) is 0 Å². The molecule has 2 amide bonds. The third-order valence-electron chi connectivity index (χ3n) is 2.59. The second-order valence-corrected chi connectivity index (χ2v) is 4.88. The zero-order valence-corrected chi connectivity index (χ0v) is 11.6. The molecule has 0 atom stereocenters. The van der Waals surface area contributed by atoms with Crippen LogP contribution in [0.15, 0.2) is 18.2 Å². The van der Waals surface area contributed by atoms with Gasteiger partial charge in [-0.1, -0.05) is 19.9 Å². The van der Waals surface area contributed by atoms with E-state index in [4.69, 9.17) is 0 Å². The van der Waals surface area contributed by atoms with Gasteiger partial charge in [-0.25, -0.2) is 0 Å². The average molecular weight is 280 g/mol. The van der Waals surface area contributed by atoms with Crippen LogP contribution in [0.5, 0.6) is 11.5 Å². The van der Waals surface area contributed by atoms with Crippen molar-refractivity contribution >= 4 is 11.8 Å². The Balaban J connectivity index is 2.42. The topological polar surface area (TPSA) is 98.7 Å². The van der Waals surface area contributed by atoms with E-state index in [1.54, 1.807) is 0 Å². The molecule has 0 aromatic heterocycles. The molecule has 0 saturated heterocycles. The highest BCUT2D eigenvalue weighted by atomic mass is 16.3. The van der Waals surface area contributed by atoms with Crippen molar-refractivity contribution in [3.63, 3.8) is 0 Å². The van der Waals surface area contributed by atoms with E-state index in [-0.39, 0.29) is 35.9 Å². The van der Waals surface area contributed by atoms with Crippen LogP contribution in [0, 0.1) is 5.92 Å². The largest absolute Gasteiger partial charge is 0.507 e. The third kappa shape index (κ3) is 4.79. The van der Waals surface area contributed by atoms with Crippen molar-refractivity contribution in [2.24, 2.45) is 5.92 Å². The van der Waals surface area contributed by atoms with E-state index < -0.39 is 5.91 Å². The number of hydrogen-bond donors (Lipinski definition) is 4. The van der Waals surface area contributed by atoms with Crippen LogP contribution in [0.1, 0.15) is 30.6 Å². The van der Waals surface area contributed by atoms with E-state index in [0.717, 1.165) is 0 Å². The minimum absolute atomic E-state index is 0.135. The lowest BCUT2D eigenvalue weighted by molar-refractivity contribution is -0.121. The summed E-state index contributed by atoms with van der Waals surface area (Å²) in [6.45, 7) is 4.70. The molecule has 0 fully saturated rings. The molecule has 1 aromatic rings. The fraction of sp³-hybridized carbons (Fsp3) is 0.429. The van der Waals surface area contributed by atoms with Crippen LogP contribution in [-0.2, 0) is 4.79 Å². The Morgan fingerprint density at radius 1 is 1.15 bits per heavy atom. The molecule has 110 valence electrons. The molecule has 20 heavy (non-hydrogen) atoms. The van der Waals surface area contributed by atoms with Crippen LogP contribution in [0.2, 0.25) is 0 Å². The van der Waals surface area contributed by atoms with Crippen molar-refractivity contribution in [1.82, 2.24) is 10.6 Å². The first-order valence-corrected chi connectivity index (χ1v) is 6.47. The Bertz CT molecular complexity index is 466. The van der Waals surface area contributed by atoms with Crippen LogP contribution in [-0.4, -0.2) is 35.1 Å². The first kappa shape index (κ1) is 15.8. The van der Waals surface area contributed by atoms with E-state index in [2.05, 4.69) is 10.6 Å². The molecule has 0 saturated carbocycles. The van der Waals surface area contributed by atoms with E-state index in [1.165, 1.54) is 18.2 Å². The minimum atomic E-state index is -0.614. The van der Waals surface area contributed by atoms with Gasteiger partial charge in [-0.2, -0.15) is 0 Å². The molecule has 0 aliphatic rings. The normalized spacial score (nSPS) is 10.3. The number of carbonyl (C=O) groups is 2. The molecule has 1 aromatic carbocycles. The quantitative estimate of drug-likeness (QED) is 0.624. The fourth-order valence-corrected chi connectivity index (χ4v) is 1.55. The minimum Gasteiger partial charge on any atom is -0.507 e. The highest BCUT2D eigenvalue weighted by molar-refractivity contribution is 5.99. The molecule has 1 rings (SSSR count). The lowest BCUT2D eigenvalue weighted by Crippen LogP contribution is -2.32. The summed E-state index contributed by atoms with van der Waals surface area (Å²) in [6.07, 6.45) is 0.146. The van der Waals surface area contributed by atoms with Gasteiger partial charge < -0.3 is 20.8 Å². The number of hydrogen-bond acceptors (Lipinski definition) is 4. The molecular weight excluding hydrogens is 260 g/mol. The van der Waals surface area contributed by atoms with Crippen molar-refractivity contribution in [1.29, 1.82) is 0 Å². The van der Waals surface area contributed by atoms with Crippen LogP contribution < -0.4 is 10.6 Å². The molecule has 0 aliphatic heterocycles. The van der Waals surface area contributed by atoms with Gasteiger partial charge in [-0.05, 0) is 18.1 Å². The summed E-state index contributed by atoms with van der Waals surface area (Å²) in [5.41, 5.74) is -0.185. The van der Waals surface area contributed by atoms with Gasteiger partial charge >= 0.3 is 0 Å². The third-order valence-corrected chi connectivity index (χ3v) is 2.59. The zero-order valence-electron chi connectivity index (χ0n) is 11.6. The Labute approximate surface area is 117 Å². The SMILES string of the molecule is CC(C)CNC(=O)CCNC(=O)c1c(O)cccc1O. The maximum absolute atomic E-state index is 11.8. The van der Waals surface area contributed by atoms with E-state index >= 15 is 0 Å². The molecule has 6 nitrogen and oxygen atoms in total. The standard InChI is InChI=1S/C14H20N2O4/c1-9(2)8-16-12(19)6-7-15-14(20)13-10(17)4-3-5-11(13)18/h3-5,9,17-18H,6-8H2,1-2H3,(H,15,20)(H,16,19).